The Morgan fingerprint density at radius 1 is 1.00 bits per heavy atom. The number of allylic oxidation sites excluding steroid dienone is 2. The summed E-state index contributed by atoms with van der Waals surface area (Å²) in [7, 11) is 0. The summed E-state index contributed by atoms with van der Waals surface area (Å²) in [6, 6.07) is 0. The fourth-order valence-corrected chi connectivity index (χ4v) is 19.8. The van der Waals surface area contributed by atoms with E-state index in [2.05, 4.69) is 52.1 Å². The molecule has 2 heteroatoms. The second-order valence-corrected chi connectivity index (χ2v) is 28.6. The van der Waals surface area contributed by atoms with E-state index >= 15 is 0 Å². The van der Waals surface area contributed by atoms with Crippen LogP contribution in [0.4, 0.5) is 0 Å². The van der Waals surface area contributed by atoms with Gasteiger partial charge < -0.3 is 0 Å². The molecule has 0 bridgehead atoms. The first-order valence-corrected chi connectivity index (χ1v) is 23.2. The van der Waals surface area contributed by atoms with Gasteiger partial charge in [-0.25, -0.2) is 0 Å². The average Bonchev–Trinajstić information content (AvgIpc) is 3.05. The molecular weight excluding hydrogens is 502 g/mol. The zero-order valence-electron chi connectivity index (χ0n) is 21.8. The first-order valence-electron chi connectivity index (χ1n) is 13.7. The van der Waals surface area contributed by atoms with Crippen LogP contribution in [0.25, 0.3) is 0 Å². The predicted octanol–water partition coefficient (Wildman–Crippen LogP) is 8.77. The Labute approximate surface area is 204 Å². The van der Waals surface area contributed by atoms with E-state index in [-0.39, 0.29) is 0 Å². The van der Waals surface area contributed by atoms with Gasteiger partial charge in [0.05, 0.1) is 0 Å². The molecule has 4 aliphatic rings. The van der Waals surface area contributed by atoms with Gasteiger partial charge >= 0.3 is 179 Å². The molecule has 0 aromatic rings. The molecule has 0 amide bonds. The molecule has 1 unspecified atom stereocenters. The summed E-state index contributed by atoms with van der Waals surface area (Å²) in [4.78, 5) is 1.09. The molecule has 0 aromatic heterocycles. The SMILES string of the molecule is CC(C)CCC[C@@H](C)[C@H]1CC[C@H]2[C@@H]3CC=C4CC([Se][As](C)C)CC[C@]4(C)[C@H]3CC[C@]12C. The normalized spacial score (nSPS) is 43.4. The van der Waals surface area contributed by atoms with E-state index in [9.17, 15) is 0 Å². The number of hydrogen-bond acceptors (Lipinski definition) is 0. The summed E-state index contributed by atoms with van der Waals surface area (Å²) in [6.45, 7) is 12.9. The van der Waals surface area contributed by atoms with Crippen LogP contribution in [0, 0.1) is 46.3 Å². The van der Waals surface area contributed by atoms with Crippen molar-refractivity contribution in [2.75, 3.05) is 0 Å². The van der Waals surface area contributed by atoms with Gasteiger partial charge in [-0.1, -0.05) is 20.3 Å². The van der Waals surface area contributed by atoms with Crippen molar-refractivity contribution in [1.82, 2.24) is 0 Å². The van der Waals surface area contributed by atoms with Crippen LogP contribution < -0.4 is 0 Å². The molecule has 0 aromatic carbocycles. The summed E-state index contributed by atoms with van der Waals surface area (Å²) in [6.07, 6.45) is 19.3. The Bertz CT molecular complexity index is 653. The van der Waals surface area contributed by atoms with Crippen molar-refractivity contribution >= 4 is 25.7 Å². The first kappa shape index (κ1) is 24.9. The maximum absolute atomic E-state index is 2.82. The van der Waals surface area contributed by atoms with Crippen LogP contribution in [0.15, 0.2) is 11.6 Å². The Morgan fingerprint density at radius 2 is 1.77 bits per heavy atom. The van der Waals surface area contributed by atoms with Gasteiger partial charge in [-0.3, -0.25) is 0 Å². The van der Waals surface area contributed by atoms with E-state index in [1.807, 2.05) is 5.57 Å². The number of hydrogen-bond donors (Lipinski definition) is 0. The van der Waals surface area contributed by atoms with Gasteiger partial charge in [-0.2, -0.15) is 0 Å². The van der Waals surface area contributed by atoms with Crippen LogP contribution >= 0.6 is 0 Å². The van der Waals surface area contributed by atoms with Crippen molar-refractivity contribution in [2.24, 2.45) is 46.3 Å². The van der Waals surface area contributed by atoms with Crippen molar-refractivity contribution < 1.29 is 0 Å². The average molecular weight is 554 g/mol. The number of rotatable bonds is 7. The van der Waals surface area contributed by atoms with Crippen molar-refractivity contribution in [2.45, 2.75) is 121 Å². The quantitative estimate of drug-likeness (QED) is 0.218. The predicted molar refractivity (Wildman–Crippen MR) is 140 cm³/mol. The molecule has 0 radical (unpaired) electrons. The molecule has 0 N–H and O–H groups in total. The van der Waals surface area contributed by atoms with E-state index in [4.69, 9.17) is 0 Å². The maximum atomic E-state index is 2.82. The van der Waals surface area contributed by atoms with Gasteiger partial charge in [0.2, 0.25) is 0 Å². The zero-order valence-corrected chi connectivity index (χ0v) is 25.3. The summed E-state index contributed by atoms with van der Waals surface area (Å²) in [5.41, 5.74) is 8.33. The molecular formula is C29H51AsSe. The summed E-state index contributed by atoms with van der Waals surface area (Å²) in [5.74, 6) is 5.84. The first-order chi connectivity index (χ1) is 14.6. The zero-order chi connectivity index (χ0) is 22.4. The Kier molecular flexibility index (Phi) is 7.90. The number of fused-ring (bicyclic) bond motifs is 5. The van der Waals surface area contributed by atoms with Gasteiger partial charge in [0, 0.05) is 0 Å². The van der Waals surface area contributed by atoms with Gasteiger partial charge in [0.15, 0.2) is 0 Å². The summed E-state index contributed by atoms with van der Waals surface area (Å²) >= 11 is 0.556. The van der Waals surface area contributed by atoms with Gasteiger partial charge in [-0.05, 0) is 5.92 Å². The van der Waals surface area contributed by atoms with Crippen molar-refractivity contribution in [3.8, 4) is 0 Å². The molecule has 0 heterocycles. The molecule has 31 heavy (non-hydrogen) atoms. The van der Waals surface area contributed by atoms with Gasteiger partial charge in [-0.15, -0.1) is 0 Å². The van der Waals surface area contributed by atoms with Gasteiger partial charge in [0.1, 0.15) is 0 Å². The van der Waals surface area contributed by atoms with E-state index in [1.54, 1.807) is 12.8 Å². The molecule has 8 atom stereocenters. The Balaban J connectivity index is 1.46. The van der Waals surface area contributed by atoms with E-state index in [1.165, 1.54) is 57.8 Å². The van der Waals surface area contributed by atoms with Crippen LogP contribution in [0.2, 0.25) is 16.2 Å². The van der Waals surface area contributed by atoms with Gasteiger partial charge in [0.25, 0.3) is 0 Å². The van der Waals surface area contributed by atoms with Crippen molar-refractivity contribution in [1.29, 1.82) is 0 Å². The van der Waals surface area contributed by atoms with Crippen LogP contribution in [-0.4, -0.2) is 25.7 Å². The molecule has 178 valence electrons. The van der Waals surface area contributed by atoms with Crippen LogP contribution in [0.1, 0.15) is 105 Å². The molecule has 3 saturated carbocycles. The molecule has 4 aliphatic carbocycles. The standard InChI is InChI=1S/C29H51AsSe/c1-20(2)9-8-10-21(3)25-13-14-26-24-12-11-22-19-23(31-30(6)7)15-17-28(22,4)27(24)16-18-29(25,26)5/h11,20-21,23-27H,8-10,12-19H2,1-7H3/t21-,23?,24+,25-,26+,27+,28+,29-/m1/s1. The minimum atomic E-state index is -0.432. The van der Waals surface area contributed by atoms with Crippen LogP contribution in [0.5, 0.6) is 0 Å². The molecule has 4 rings (SSSR count). The van der Waals surface area contributed by atoms with Crippen molar-refractivity contribution in [3.63, 3.8) is 0 Å². The molecule has 3 fully saturated rings. The van der Waals surface area contributed by atoms with E-state index < -0.39 is 12.8 Å². The Hall–Kier alpha value is 0.818. The molecule has 0 aliphatic heterocycles. The molecule has 0 nitrogen and oxygen atoms in total. The van der Waals surface area contributed by atoms with E-state index in [0.29, 0.717) is 10.8 Å². The molecule has 0 saturated heterocycles. The topological polar surface area (TPSA) is 0 Å². The summed E-state index contributed by atoms with van der Waals surface area (Å²) < 4.78 is 0. The third-order valence-electron chi connectivity index (χ3n) is 10.6. The van der Waals surface area contributed by atoms with Crippen LogP contribution in [-0.2, 0) is 0 Å². The third kappa shape index (κ3) is 4.83. The van der Waals surface area contributed by atoms with E-state index in [0.717, 1.165) is 53.3 Å². The molecule has 0 spiro atoms. The monoisotopic (exact) mass is 554 g/mol. The fraction of sp³-hybridized carbons (Fsp3) is 0.931. The summed E-state index contributed by atoms with van der Waals surface area (Å²) in [5, 5.41) is 0. The minimum absolute atomic E-state index is 0.432. The van der Waals surface area contributed by atoms with Crippen LogP contribution in [0.3, 0.4) is 0 Å². The van der Waals surface area contributed by atoms with Crippen molar-refractivity contribution in [3.05, 3.63) is 11.6 Å². The third-order valence-corrected chi connectivity index (χ3v) is 20.8. The second kappa shape index (κ2) is 9.82. The second-order valence-electron chi connectivity index (χ2n) is 13.1. The Morgan fingerprint density at radius 3 is 2.48 bits per heavy atom. The fourth-order valence-electron chi connectivity index (χ4n) is 9.04.